The monoisotopic (exact) mass is 448 g/mol. The van der Waals surface area contributed by atoms with Crippen LogP contribution in [0.15, 0.2) is 66.7 Å². The van der Waals surface area contributed by atoms with Gasteiger partial charge in [0.15, 0.2) is 0 Å². The van der Waals surface area contributed by atoms with Gasteiger partial charge in [-0.1, -0.05) is 65.1 Å². The summed E-state index contributed by atoms with van der Waals surface area (Å²) in [4.78, 5) is 12.2. The molecule has 3 rings (SSSR count). The molecule has 0 aliphatic rings. The summed E-state index contributed by atoms with van der Waals surface area (Å²) < 4.78 is 5.75. The van der Waals surface area contributed by atoms with Crippen molar-refractivity contribution < 1.29 is 9.53 Å². The second-order valence-corrected chi connectivity index (χ2v) is 7.48. The number of carbonyl (C=O) groups excluding carboxylic acids is 1. The van der Waals surface area contributed by atoms with Crippen molar-refractivity contribution in [3.05, 3.63) is 87.4 Å². The Labute approximate surface area is 184 Å². The second-order valence-electron chi connectivity index (χ2n) is 6.26. The van der Waals surface area contributed by atoms with Crippen molar-refractivity contribution >= 4 is 52.1 Å². The molecule has 3 aromatic rings. The molecule has 150 valence electrons. The molecule has 0 bridgehead atoms. The van der Waals surface area contributed by atoms with Crippen LogP contribution < -0.4 is 15.4 Å². The van der Waals surface area contributed by atoms with Gasteiger partial charge in [0.25, 0.3) is 0 Å². The van der Waals surface area contributed by atoms with E-state index in [1.807, 2.05) is 30.3 Å². The number of anilines is 2. The van der Waals surface area contributed by atoms with Crippen LogP contribution in [-0.4, -0.2) is 19.1 Å². The van der Waals surface area contributed by atoms with Crippen molar-refractivity contribution in [2.24, 2.45) is 0 Å². The molecule has 0 aromatic heterocycles. The summed E-state index contributed by atoms with van der Waals surface area (Å²) in [6.07, 6.45) is 0.836. The fourth-order valence-corrected chi connectivity index (χ4v) is 3.22. The zero-order valence-electron chi connectivity index (χ0n) is 15.4. The number of nitrogens with one attached hydrogen (secondary N) is 2. The third-order valence-corrected chi connectivity index (χ3v) is 5.12. The number of hydrogen-bond donors (Lipinski definition) is 2. The highest BCUT2D eigenvalue weighted by Gasteiger charge is 2.08. The van der Waals surface area contributed by atoms with Crippen molar-refractivity contribution in [1.82, 2.24) is 0 Å². The summed E-state index contributed by atoms with van der Waals surface area (Å²) in [7, 11) is 0. The zero-order chi connectivity index (χ0) is 20.6. The van der Waals surface area contributed by atoms with Crippen LogP contribution in [0.5, 0.6) is 5.75 Å². The Balaban J connectivity index is 1.45. The maximum atomic E-state index is 12.2. The average molecular weight is 450 g/mol. The lowest BCUT2D eigenvalue weighted by atomic mass is 10.2. The first-order valence-electron chi connectivity index (χ1n) is 8.96. The highest BCUT2D eigenvalue weighted by molar-refractivity contribution is 6.44. The van der Waals surface area contributed by atoms with Crippen molar-refractivity contribution in [3.63, 3.8) is 0 Å². The molecular weight excluding hydrogens is 431 g/mol. The predicted molar refractivity (Wildman–Crippen MR) is 121 cm³/mol. The van der Waals surface area contributed by atoms with E-state index in [-0.39, 0.29) is 12.5 Å². The molecular formula is C22H19Cl3N2O2. The average Bonchev–Trinajstić information content (AvgIpc) is 2.72. The third-order valence-electron chi connectivity index (χ3n) is 4.09. The second kappa shape index (κ2) is 10.4. The minimum atomic E-state index is -0.218. The Morgan fingerprint density at radius 2 is 1.55 bits per heavy atom. The Hall–Kier alpha value is -2.40. The summed E-state index contributed by atoms with van der Waals surface area (Å²) in [5.74, 6) is 0.532. The van der Waals surface area contributed by atoms with Crippen molar-refractivity contribution in [2.45, 2.75) is 6.42 Å². The molecule has 0 aliphatic heterocycles. The van der Waals surface area contributed by atoms with E-state index in [2.05, 4.69) is 22.8 Å². The van der Waals surface area contributed by atoms with Crippen LogP contribution in [0.4, 0.5) is 11.4 Å². The maximum Gasteiger partial charge on any atom is 0.243 e. The molecule has 0 saturated heterocycles. The van der Waals surface area contributed by atoms with Crippen LogP contribution >= 0.6 is 34.8 Å². The van der Waals surface area contributed by atoms with Crippen LogP contribution in [0, 0.1) is 0 Å². The van der Waals surface area contributed by atoms with Crippen molar-refractivity contribution in [3.8, 4) is 5.75 Å². The number of rotatable bonds is 8. The van der Waals surface area contributed by atoms with E-state index < -0.39 is 0 Å². The van der Waals surface area contributed by atoms with Gasteiger partial charge in [0.2, 0.25) is 5.91 Å². The van der Waals surface area contributed by atoms with E-state index in [0.29, 0.717) is 33.0 Å². The summed E-state index contributed by atoms with van der Waals surface area (Å²) in [5.41, 5.74) is 2.44. The first-order valence-corrected chi connectivity index (χ1v) is 10.1. The maximum absolute atomic E-state index is 12.2. The fraction of sp³-hybridized carbons (Fsp3) is 0.136. The Kier molecular flexibility index (Phi) is 7.64. The van der Waals surface area contributed by atoms with E-state index in [0.717, 1.165) is 12.2 Å². The molecule has 29 heavy (non-hydrogen) atoms. The zero-order valence-corrected chi connectivity index (χ0v) is 17.7. The third kappa shape index (κ3) is 6.57. The highest BCUT2D eigenvalue weighted by Crippen LogP contribution is 2.32. The standard InChI is InChI=1S/C22H19Cl3N2O2/c23-18-12-20(25)21(13-19(18)24)26-14-22(28)27-16-6-8-17(9-7-16)29-11-10-15-4-2-1-3-5-15/h1-9,12-13,26H,10-11,14H2,(H,27,28). The van der Waals surface area contributed by atoms with Crippen LogP contribution in [0.1, 0.15) is 5.56 Å². The smallest absolute Gasteiger partial charge is 0.243 e. The van der Waals surface area contributed by atoms with Gasteiger partial charge in [0.1, 0.15) is 5.75 Å². The molecule has 0 spiro atoms. The molecule has 0 aliphatic carbocycles. The van der Waals surface area contributed by atoms with Gasteiger partial charge in [-0.05, 0) is 42.0 Å². The lowest BCUT2D eigenvalue weighted by molar-refractivity contribution is -0.114. The number of carbonyl (C=O) groups is 1. The summed E-state index contributed by atoms with van der Waals surface area (Å²) in [6, 6.07) is 20.5. The molecule has 0 heterocycles. The highest BCUT2D eigenvalue weighted by atomic mass is 35.5. The van der Waals surface area contributed by atoms with E-state index >= 15 is 0 Å². The van der Waals surface area contributed by atoms with E-state index in [4.69, 9.17) is 39.5 Å². The van der Waals surface area contributed by atoms with Crippen molar-refractivity contribution in [2.75, 3.05) is 23.8 Å². The van der Waals surface area contributed by atoms with Crippen LogP contribution in [0.2, 0.25) is 15.1 Å². The molecule has 1 amide bonds. The fourth-order valence-electron chi connectivity index (χ4n) is 2.60. The van der Waals surface area contributed by atoms with Gasteiger partial charge in [-0.25, -0.2) is 0 Å². The minimum Gasteiger partial charge on any atom is -0.493 e. The number of amides is 1. The minimum absolute atomic E-state index is 0.0347. The molecule has 3 aromatic carbocycles. The lowest BCUT2D eigenvalue weighted by Crippen LogP contribution is -2.21. The van der Waals surface area contributed by atoms with Gasteiger partial charge in [0, 0.05) is 12.1 Å². The van der Waals surface area contributed by atoms with Crippen LogP contribution in [-0.2, 0) is 11.2 Å². The van der Waals surface area contributed by atoms with Crippen molar-refractivity contribution in [1.29, 1.82) is 0 Å². The first kappa shape index (κ1) is 21.3. The lowest BCUT2D eigenvalue weighted by Gasteiger charge is -2.11. The van der Waals surface area contributed by atoms with Gasteiger partial charge in [-0.3, -0.25) is 4.79 Å². The van der Waals surface area contributed by atoms with E-state index in [9.17, 15) is 4.79 Å². The predicted octanol–water partition coefficient (Wildman–Crippen LogP) is 6.32. The van der Waals surface area contributed by atoms with Gasteiger partial charge in [-0.15, -0.1) is 0 Å². The van der Waals surface area contributed by atoms with Gasteiger partial charge >= 0.3 is 0 Å². The van der Waals surface area contributed by atoms with Crippen LogP contribution in [0.3, 0.4) is 0 Å². The summed E-state index contributed by atoms with van der Waals surface area (Å²) in [6.45, 7) is 0.622. The molecule has 0 atom stereocenters. The van der Waals surface area contributed by atoms with Gasteiger partial charge in [-0.2, -0.15) is 0 Å². The van der Waals surface area contributed by atoms with E-state index in [1.165, 1.54) is 11.6 Å². The molecule has 0 radical (unpaired) electrons. The summed E-state index contributed by atoms with van der Waals surface area (Å²) >= 11 is 18.0. The van der Waals surface area contributed by atoms with E-state index in [1.54, 1.807) is 18.2 Å². The largest absolute Gasteiger partial charge is 0.493 e. The normalized spacial score (nSPS) is 10.4. The van der Waals surface area contributed by atoms with Gasteiger partial charge in [0.05, 0.1) is 33.9 Å². The number of hydrogen-bond acceptors (Lipinski definition) is 3. The SMILES string of the molecule is O=C(CNc1cc(Cl)c(Cl)cc1Cl)Nc1ccc(OCCc2ccccc2)cc1. The molecule has 2 N–H and O–H groups in total. The molecule has 4 nitrogen and oxygen atoms in total. The Morgan fingerprint density at radius 1 is 0.862 bits per heavy atom. The Morgan fingerprint density at radius 3 is 2.28 bits per heavy atom. The number of halogens is 3. The number of benzene rings is 3. The Bertz CT molecular complexity index is 964. The number of ether oxygens (including phenoxy) is 1. The molecule has 0 fully saturated rings. The molecule has 0 unspecified atom stereocenters. The molecule has 0 saturated carbocycles. The van der Waals surface area contributed by atoms with Crippen LogP contribution in [0.25, 0.3) is 0 Å². The van der Waals surface area contributed by atoms with Gasteiger partial charge < -0.3 is 15.4 Å². The summed E-state index contributed by atoms with van der Waals surface area (Å²) in [5, 5.41) is 6.87. The first-order chi connectivity index (χ1) is 14.0. The molecule has 7 heteroatoms. The topological polar surface area (TPSA) is 50.4 Å². The quantitative estimate of drug-likeness (QED) is 0.396.